The van der Waals surface area contributed by atoms with Crippen LogP contribution in [0.5, 0.6) is 5.75 Å². The highest BCUT2D eigenvalue weighted by molar-refractivity contribution is 5.85. The van der Waals surface area contributed by atoms with Crippen LogP contribution in [-0.4, -0.2) is 31.6 Å². The molecule has 1 aliphatic heterocycles. The lowest BCUT2D eigenvalue weighted by atomic mass is 10.0. The van der Waals surface area contributed by atoms with Crippen molar-refractivity contribution in [3.63, 3.8) is 0 Å². The number of hydrogen-bond acceptors (Lipinski definition) is 3. The van der Waals surface area contributed by atoms with Gasteiger partial charge in [-0.05, 0) is 36.6 Å². The topological polar surface area (TPSA) is 50.4 Å². The molecule has 1 aliphatic rings. The number of rotatable bonds is 5. The van der Waals surface area contributed by atoms with Crippen LogP contribution in [0.1, 0.15) is 31.7 Å². The van der Waals surface area contributed by atoms with E-state index >= 15 is 0 Å². The van der Waals surface area contributed by atoms with Crippen molar-refractivity contribution in [2.45, 2.75) is 32.2 Å². The third-order valence-electron chi connectivity index (χ3n) is 3.32. The second kappa shape index (κ2) is 8.12. The first kappa shape index (κ1) is 16.8. The molecular weight excluding hydrogens is 276 g/mol. The van der Waals surface area contributed by atoms with Gasteiger partial charge in [0.15, 0.2) is 6.61 Å². The predicted octanol–water partition coefficient (Wildman–Crippen LogP) is 2.09. The second-order valence-corrected chi connectivity index (χ2v) is 5.27. The Morgan fingerprint density at radius 3 is 2.95 bits per heavy atom. The van der Waals surface area contributed by atoms with Gasteiger partial charge in [0.2, 0.25) is 0 Å². The maximum Gasteiger partial charge on any atom is 0.258 e. The van der Waals surface area contributed by atoms with Crippen LogP contribution in [0.4, 0.5) is 0 Å². The molecule has 1 heterocycles. The van der Waals surface area contributed by atoms with E-state index in [0.29, 0.717) is 5.92 Å². The number of carbonyl (C=O) groups excluding carboxylic acids is 1. The average Bonchev–Trinajstić information content (AvgIpc) is 2.89. The fourth-order valence-electron chi connectivity index (χ4n) is 2.16. The minimum absolute atomic E-state index is 0. The van der Waals surface area contributed by atoms with Crippen molar-refractivity contribution >= 4 is 18.3 Å². The molecule has 0 spiro atoms. The van der Waals surface area contributed by atoms with Gasteiger partial charge in [-0.3, -0.25) is 4.79 Å². The molecule has 5 heteroatoms. The van der Waals surface area contributed by atoms with Crippen molar-refractivity contribution in [1.82, 2.24) is 10.6 Å². The number of halogens is 1. The number of amides is 1. The lowest BCUT2D eigenvalue weighted by Gasteiger charge is -2.13. The third-order valence-corrected chi connectivity index (χ3v) is 3.32. The van der Waals surface area contributed by atoms with Gasteiger partial charge < -0.3 is 15.4 Å². The number of nitrogens with one attached hydrogen (secondary N) is 2. The van der Waals surface area contributed by atoms with E-state index < -0.39 is 0 Å². The molecule has 112 valence electrons. The molecule has 1 amide bonds. The summed E-state index contributed by atoms with van der Waals surface area (Å²) >= 11 is 0. The Morgan fingerprint density at radius 1 is 1.50 bits per heavy atom. The first-order chi connectivity index (χ1) is 9.15. The maximum atomic E-state index is 11.7. The minimum Gasteiger partial charge on any atom is -0.484 e. The standard InChI is InChI=1S/C15H22N2O2.ClH/c1-11(2)12-4-3-5-14(8-12)19-10-15(18)17-13-6-7-16-9-13;/h3-5,8,11,13,16H,6-7,9-10H2,1-2H3,(H,17,18);1H. The van der Waals surface area contributed by atoms with Crippen LogP contribution in [0.2, 0.25) is 0 Å². The Labute approximate surface area is 126 Å². The van der Waals surface area contributed by atoms with Crippen LogP contribution in [0.15, 0.2) is 24.3 Å². The maximum absolute atomic E-state index is 11.7. The lowest BCUT2D eigenvalue weighted by Crippen LogP contribution is -2.39. The van der Waals surface area contributed by atoms with Gasteiger partial charge in [-0.25, -0.2) is 0 Å². The van der Waals surface area contributed by atoms with Crippen molar-refractivity contribution in [1.29, 1.82) is 0 Å². The average molecular weight is 299 g/mol. The SMILES string of the molecule is CC(C)c1cccc(OCC(=O)NC2CCNC2)c1.Cl. The van der Waals surface area contributed by atoms with E-state index in [4.69, 9.17) is 4.74 Å². The van der Waals surface area contributed by atoms with Crippen LogP contribution in [0, 0.1) is 0 Å². The summed E-state index contributed by atoms with van der Waals surface area (Å²) in [5.41, 5.74) is 1.22. The van der Waals surface area contributed by atoms with Gasteiger partial charge >= 0.3 is 0 Å². The van der Waals surface area contributed by atoms with E-state index in [9.17, 15) is 4.79 Å². The monoisotopic (exact) mass is 298 g/mol. The van der Waals surface area contributed by atoms with Crippen molar-refractivity contribution < 1.29 is 9.53 Å². The Balaban J connectivity index is 0.00000200. The minimum atomic E-state index is -0.0522. The summed E-state index contributed by atoms with van der Waals surface area (Å²) in [6.07, 6.45) is 0.995. The summed E-state index contributed by atoms with van der Waals surface area (Å²) in [6.45, 7) is 6.19. The molecule has 20 heavy (non-hydrogen) atoms. The molecule has 1 saturated heterocycles. The fourth-order valence-corrected chi connectivity index (χ4v) is 2.16. The molecule has 0 aromatic heterocycles. The van der Waals surface area contributed by atoms with Gasteiger partial charge in [-0.1, -0.05) is 26.0 Å². The second-order valence-electron chi connectivity index (χ2n) is 5.27. The van der Waals surface area contributed by atoms with Crippen molar-refractivity contribution in [2.75, 3.05) is 19.7 Å². The first-order valence-electron chi connectivity index (χ1n) is 6.88. The van der Waals surface area contributed by atoms with Gasteiger partial charge in [0, 0.05) is 12.6 Å². The van der Waals surface area contributed by atoms with Crippen LogP contribution in [0.25, 0.3) is 0 Å². The molecule has 1 aromatic rings. The van der Waals surface area contributed by atoms with Crippen LogP contribution >= 0.6 is 12.4 Å². The molecule has 0 radical (unpaired) electrons. The van der Waals surface area contributed by atoms with Gasteiger partial charge in [-0.2, -0.15) is 0 Å². The third kappa shape index (κ3) is 5.02. The van der Waals surface area contributed by atoms with Crippen LogP contribution in [-0.2, 0) is 4.79 Å². The zero-order valence-electron chi connectivity index (χ0n) is 12.0. The van der Waals surface area contributed by atoms with E-state index in [-0.39, 0.29) is 31.0 Å². The summed E-state index contributed by atoms with van der Waals surface area (Å²) in [4.78, 5) is 11.7. The normalized spacial score (nSPS) is 17.6. The van der Waals surface area contributed by atoms with Gasteiger partial charge in [0.25, 0.3) is 5.91 Å². The highest BCUT2D eigenvalue weighted by Crippen LogP contribution is 2.19. The molecule has 2 N–H and O–H groups in total. The smallest absolute Gasteiger partial charge is 0.258 e. The summed E-state index contributed by atoms with van der Waals surface area (Å²) in [5.74, 6) is 1.16. The quantitative estimate of drug-likeness (QED) is 0.875. The lowest BCUT2D eigenvalue weighted by molar-refractivity contribution is -0.123. The highest BCUT2D eigenvalue weighted by atomic mass is 35.5. The molecule has 1 aromatic carbocycles. The molecule has 0 saturated carbocycles. The number of benzene rings is 1. The zero-order chi connectivity index (χ0) is 13.7. The van der Waals surface area contributed by atoms with Crippen LogP contribution in [0.3, 0.4) is 0 Å². The molecular formula is C15H23ClN2O2. The number of carbonyl (C=O) groups is 1. The summed E-state index contributed by atoms with van der Waals surface area (Å²) in [6, 6.07) is 8.16. The molecule has 2 rings (SSSR count). The predicted molar refractivity (Wildman–Crippen MR) is 82.7 cm³/mol. The Kier molecular flexibility index (Phi) is 6.82. The summed E-state index contributed by atoms with van der Waals surface area (Å²) in [7, 11) is 0. The Bertz CT molecular complexity index is 432. The van der Waals surface area contributed by atoms with Crippen molar-refractivity contribution in [3.8, 4) is 5.75 Å². The van der Waals surface area contributed by atoms with E-state index in [2.05, 4.69) is 30.5 Å². The Hall–Kier alpha value is -1.26. The molecule has 0 bridgehead atoms. The van der Waals surface area contributed by atoms with E-state index in [1.165, 1.54) is 5.56 Å². The molecule has 1 atom stereocenters. The largest absolute Gasteiger partial charge is 0.484 e. The van der Waals surface area contributed by atoms with E-state index in [1.807, 2.05) is 18.2 Å². The van der Waals surface area contributed by atoms with Gasteiger partial charge in [0.1, 0.15) is 5.75 Å². The summed E-state index contributed by atoms with van der Waals surface area (Å²) in [5, 5.41) is 6.18. The first-order valence-corrected chi connectivity index (χ1v) is 6.88. The molecule has 1 unspecified atom stereocenters. The van der Waals surface area contributed by atoms with Gasteiger partial charge in [-0.15, -0.1) is 12.4 Å². The fraction of sp³-hybridized carbons (Fsp3) is 0.533. The van der Waals surface area contributed by atoms with Crippen molar-refractivity contribution in [2.24, 2.45) is 0 Å². The molecule has 0 aliphatic carbocycles. The number of hydrogen-bond donors (Lipinski definition) is 2. The highest BCUT2D eigenvalue weighted by Gasteiger charge is 2.16. The van der Waals surface area contributed by atoms with E-state index in [1.54, 1.807) is 0 Å². The van der Waals surface area contributed by atoms with E-state index in [0.717, 1.165) is 25.3 Å². The van der Waals surface area contributed by atoms with Crippen LogP contribution < -0.4 is 15.4 Å². The zero-order valence-corrected chi connectivity index (χ0v) is 12.8. The molecule has 1 fully saturated rings. The van der Waals surface area contributed by atoms with Gasteiger partial charge in [0.05, 0.1) is 0 Å². The summed E-state index contributed by atoms with van der Waals surface area (Å²) < 4.78 is 5.54. The Morgan fingerprint density at radius 2 is 2.30 bits per heavy atom. The van der Waals surface area contributed by atoms with Crippen molar-refractivity contribution in [3.05, 3.63) is 29.8 Å². The molecule has 4 nitrogen and oxygen atoms in total. The number of ether oxygens (including phenoxy) is 1.